The van der Waals surface area contributed by atoms with Crippen molar-refractivity contribution in [2.45, 2.75) is 252 Å². The first-order valence-electron chi connectivity index (χ1n) is 32.7. The van der Waals surface area contributed by atoms with Crippen LogP contribution < -0.4 is 5.14 Å². The normalized spacial score (nSPS) is 16.4. The minimum atomic E-state index is -3.55. The molecule has 4 N–H and O–H groups in total. The standard InChI is InChI=1S/C11H15Cl.C10H15NO2S.C10H14.C9H13N.C9H16O3.C7H12O4.C6H8O3.C6H12O2.C6H12O.2CH4/c1-3-9(2)11-6-4-10(8-12)5-7-11;1-3-8(2)9-4-6-10(7-5-9)14(11,12)13;1-3-9(2)10-7-5-4-6-8-10;1-3-8(2)9-4-6-10-7-5-9;1-4-9(2,3)8(10)12-6-7-5-11-7;1-3-7(2,6(10)11)4-5(8)9;1-3-4(2)6(8)9-5(3)7;1-4-5(2)6(7)8-3;1-4-5(2)6(3)7;;/h4-7,9H,3,8H2,1-2H3;4-8H,3H2,1-2H3,(H2,11,12,13);4-9H,3H2,1-2H3;4-8H,3H2,1-2H3;7H,4-6H2,1-3H3;3-4H2,1-2H3,(H,8,9)(H,10,11);3-4H,1-2H3;5H,4H2,1-3H3;5H,4H2,1-3H3;2*1H4. The summed E-state index contributed by atoms with van der Waals surface area (Å²) in [7, 11) is -2.14. The number of carbonyl (C=O) groups is 7. The first-order valence-corrected chi connectivity index (χ1v) is 34.8. The van der Waals surface area contributed by atoms with Crippen molar-refractivity contribution >= 4 is 63.2 Å². The number of nitrogens with two attached hydrogens (primary N) is 1. The van der Waals surface area contributed by atoms with Crippen LogP contribution in [-0.2, 0) is 68.4 Å². The molecule has 1 aromatic heterocycles. The van der Waals surface area contributed by atoms with Gasteiger partial charge in [-0.25, -0.2) is 13.6 Å². The molecule has 0 saturated carbocycles. The van der Waals surface area contributed by atoms with Gasteiger partial charge in [0.2, 0.25) is 10.0 Å². The molecule has 3 heterocycles. The number of benzene rings is 3. The van der Waals surface area contributed by atoms with Crippen LogP contribution in [0.4, 0.5) is 0 Å². The predicted octanol–water partition coefficient (Wildman–Crippen LogP) is 18.3. The molecule has 19 heteroatoms. The number of sulfonamides is 1. The van der Waals surface area contributed by atoms with Crippen molar-refractivity contribution in [1.82, 2.24) is 4.98 Å². The first kappa shape index (κ1) is 97.3. The van der Waals surface area contributed by atoms with Gasteiger partial charge in [-0.2, -0.15) is 0 Å². The smallest absolute Gasteiger partial charge is 0.317 e. The second-order valence-electron chi connectivity index (χ2n) is 24.6. The van der Waals surface area contributed by atoms with Crippen molar-refractivity contribution in [1.29, 1.82) is 0 Å². The number of carbonyl (C=O) groups excluding carboxylic acids is 5. The van der Waals surface area contributed by atoms with Crippen molar-refractivity contribution in [3.8, 4) is 0 Å². The number of nitrogens with zero attached hydrogens (tertiary/aromatic N) is 1. The van der Waals surface area contributed by atoms with Gasteiger partial charge in [-0.3, -0.25) is 38.5 Å². The van der Waals surface area contributed by atoms with Crippen LogP contribution in [0, 0.1) is 34.5 Å². The third-order valence-electron chi connectivity index (χ3n) is 16.9. The molecule has 17 nitrogen and oxygen atoms in total. The van der Waals surface area contributed by atoms with Gasteiger partial charge >= 0.3 is 35.8 Å². The SMILES string of the molecule is C.C.CC1C(=O)OC(=O)C1C.CCC(C)(C)C(=O)OCC1CO1.CCC(C)(CC(=O)O)C(=O)O.CCC(C)C(=O)OC.CCC(C)C(C)=O.CCC(C)c1ccc(CCl)cc1.CCC(C)c1ccc(S(N)(=O)=O)cc1.CCC(C)c1ccccc1.CCC(C)c1ccncc1. The number of hydrogen-bond acceptors (Lipinski definition) is 14. The Hall–Kier alpha value is -6.34. The number of methoxy groups -OCH3 is 1. The largest absolute Gasteiger partial charge is 0.481 e. The van der Waals surface area contributed by atoms with Gasteiger partial charge in [0, 0.05) is 24.2 Å². The van der Waals surface area contributed by atoms with Gasteiger partial charge in [0.25, 0.3) is 0 Å². The molecule has 0 radical (unpaired) electrons. The molecule has 3 aromatic carbocycles. The minimum absolute atomic E-state index is 0. The third kappa shape index (κ3) is 42.8. The fourth-order valence-electron chi connectivity index (χ4n) is 7.04. The van der Waals surface area contributed by atoms with Gasteiger partial charge in [0.05, 0.1) is 53.6 Å². The summed E-state index contributed by atoms with van der Waals surface area (Å²) in [6.07, 6.45) is 11.2. The lowest BCUT2D eigenvalue weighted by Gasteiger charge is -2.19. The molecule has 2 saturated heterocycles. The number of ketones is 1. The second-order valence-corrected chi connectivity index (χ2v) is 26.4. The lowest BCUT2D eigenvalue weighted by molar-refractivity contribution is -0.155. The molecule has 10 unspecified atom stereocenters. The summed E-state index contributed by atoms with van der Waals surface area (Å²) in [5, 5.41) is 22.0. The van der Waals surface area contributed by atoms with E-state index in [1.165, 1.54) is 55.5 Å². The molecule has 0 spiro atoms. The number of aromatic nitrogens is 1. The van der Waals surface area contributed by atoms with Crippen LogP contribution in [0.15, 0.2) is 108 Å². The van der Waals surface area contributed by atoms with Crippen LogP contribution in [0.2, 0.25) is 0 Å². The number of carboxylic acid groups (broad SMARTS) is 2. The lowest BCUT2D eigenvalue weighted by Crippen LogP contribution is -2.29. The molecule has 6 rings (SSSR count). The molecule has 2 fully saturated rings. The molecular formula is C76H125ClN2O15S. The van der Waals surface area contributed by atoms with E-state index in [1.54, 1.807) is 39.8 Å². The number of aliphatic carboxylic acids is 2. The number of cyclic esters (lactones) is 2. The van der Waals surface area contributed by atoms with Gasteiger partial charge in [0.1, 0.15) is 18.5 Å². The Morgan fingerprint density at radius 1 is 0.632 bits per heavy atom. The molecule has 0 amide bonds. The van der Waals surface area contributed by atoms with Gasteiger partial charge in [-0.15, -0.1) is 11.6 Å². The quantitative estimate of drug-likeness (QED) is 0.0217. The van der Waals surface area contributed by atoms with E-state index in [-0.39, 0.29) is 73.3 Å². The number of alkyl halides is 1. The molecule has 95 heavy (non-hydrogen) atoms. The summed E-state index contributed by atoms with van der Waals surface area (Å²) >= 11 is 5.69. The summed E-state index contributed by atoms with van der Waals surface area (Å²) in [4.78, 5) is 78.2. The topological polar surface area (TPSA) is 273 Å². The monoisotopic (exact) mass is 1370 g/mol. The summed E-state index contributed by atoms with van der Waals surface area (Å²) in [6, 6.07) is 30.1. The van der Waals surface area contributed by atoms with E-state index in [1.807, 2.05) is 73.0 Å². The Morgan fingerprint density at radius 2 is 1.02 bits per heavy atom. The zero-order valence-corrected chi connectivity index (χ0v) is 61.6. The van der Waals surface area contributed by atoms with E-state index in [4.69, 9.17) is 36.4 Å². The van der Waals surface area contributed by atoms with E-state index in [2.05, 4.69) is 137 Å². The molecule has 0 aliphatic carbocycles. The van der Waals surface area contributed by atoms with Gasteiger partial charge < -0.3 is 29.2 Å². The van der Waals surface area contributed by atoms with Crippen molar-refractivity contribution < 1.29 is 71.1 Å². The van der Waals surface area contributed by atoms with Crippen LogP contribution in [0.3, 0.4) is 0 Å². The summed E-state index contributed by atoms with van der Waals surface area (Å²) in [5.74, 6) is 0.0496. The van der Waals surface area contributed by atoms with Gasteiger partial charge in [-0.05, 0) is 155 Å². The van der Waals surface area contributed by atoms with E-state index < -0.39 is 39.3 Å². The number of rotatable bonds is 22. The molecule has 4 aromatic rings. The number of ether oxygens (including phenoxy) is 4. The molecule has 2 aliphatic heterocycles. The Balaban J connectivity index is -0.000000321. The van der Waals surface area contributed by atoms with Crippen LogP contribution in [0.25, 0.3) is 0 Å². The number of pyridine rings is 1. The fraction of sp³-hybridized carbons (Fsp3) is 0.605. The Kier molecular flexibility index (Phi) is 54.1. The summed E-state index contributed by atoms with van der Waals surface area (Å²) in [6.45, 7) is 40.4. The van der Waals surface area contributed by atoms with Crippen LogP contribution in [0.1, 0.15) is 263 Å². The maximum Gasteiger partial charge on any atom is 0.317 e. The molecule has 0 bridgehead atoms. The maximum absolute atomic E-state index is 11.4. The number of primary sulfonamides is 1. The minimum Gasteiger partial charge on any atom is -0.481 e. The lowest BCUT2D eigenvalue weighted by atomic mass is 9.84. The average molecular weight is 1370 g/mol. The number of epoxide rings is 1. The van der Waals surface area contributed by atoms with Gasteiger partial charge in [0.15, 0.2) is 0 Å². The van der Waals surface area contributed by atoms with Crippen LogP contribution >= 0.6 is 11.6 Å². The zero-order chi connectivity index (χ0) is 72.2. The highest BCUT2D eigenvalue weighted by Gasteiger charge is 2.37. The Labute approximate surface area is 579 Å². The highest BCUT2D eigenvalue weighted by molar-refractivity contribution is 7.89. The fourth-order valence-corrected chi connectivity index (χ4v) is 7.74. The van der Waals surface area contributed by atoms with E-state index >= 15 is 0 Å². The van der Waals surface area contributed by atoms with Crippen molar-refractivity contribution in [3.63, 3.8) is 0 Å². The average Bonchev–Trinajstić information content (AvgIpc) is 1.78. The molecular weight excluding hydrogens is 1250 g/mol. The zero-order valence-electron chi connectivity index (χ0n) is 60.0. The van der Waals surface area contributed by atoms with E-state index in [0.29, 0.717) is 48.4 Å². The maximum atomic E-state index is 11.4. The van der Waals surface area contributed by atoms with E-state index in [0.717, 1.165) is 37.9 Å². The number of halogens is 1. The summed E-state index contributed by atoms with van der Waals surface area (Å²) in [5.41, 5.74) is 5.11. The van der Waals surface area contributed by atoms with Crippen LogP contribution in [-0.4, -0.2) is 91.6 Å². The Morgan fingerprint density at radius 3 is 1.27 bits per heavy atom. The highest BCUT2D eigenvalue weighted by Crippen LogP contribution is 2.27. The molecule has 10 atom stereocenters. The molecule has 542 valence electrons. The highest BCUT2D eigenvalue weighted by atomic mass is 35.5. The van der Waals surface area contributed by atoms with Crippen molar-refractivity contribution in [3.05, 3.63) is 131 Å². The van der Waals surface area contributed by atoms with Crippen molar-refractivity contribution in [2.75, 3.05) is 20.3 Å². The first-order chi connectivity index (χ1) is 43.4. The third-order valence-corrected chi connectivity index (χ3v) is 18.1. The number of esters is 4. The number of Topliss-reactive ketones (excluding diaryl/α,β-unsaturated/α-hetero) is 1. The molecule has 2 aliphatic rings. The van der Waals surface area contributed by atoms with Gasteiger partial charge in [-0.1, -0.05) is 192 Å². The van der Waals surface area contributed by atoms with Crippen LogP contribution in [0.5, 0.6) is 0 Å². The van der Waals surface area contributed by atoms with E-state index in [9.17, 15) is 42.0 Å². The van der Waals surface area contributed by atoms with Crippen molar-refractivity contribution in [2.24, 2.45) is 39.6 Å². The number of carboxylic acids is 2. The Bertz CT molecular complexity index is 2770. The predicted molar refractivity (Wildman–Crippen MR) is 387 cm³/mol. The second kappa shape index (κ2) is 52.8. The summed E-state index contributed by atoms with van der Waals surface area (Å²) < 4.78 is 40.7. The number of hydrogen-bond donors (Lipinski definition) is 3.